The van der Waals surface area contributed by atoms with Crippen LogP contribution in [0.25, 0.3) is 16.7 Å². The zero-order valence-corrected chi connectivity index (χ0v) is 18.4. The highest BCUT2D eigenvalue weighted by atomic mass is 19.1. The smallest absolute Gasteiger partial charge is 0.222 e. The Morgan fingerprint density at radius 3 is 2.74 bits per heavy atom. The SMILES string of the molecule is CC(=O)Nc1cc2c(cn1)c(N1CCC(N(C)C)C1)nn2-c1ccnc(C(C)(C)F)n1. The first-order chi connectivity index (χ1) is 14.6. The van der Waals surface area contributed by atoms with E-state index < -0.39 is 5.67 Å². The molecule has 3 aromatic heterocycles. The molecule has 1 aliphatic rings. The summed E-state index contributed by atoms with van der Waals surface area (Å²) in [7, 11) is 4.15. The first-order valence-corrected chi connectivity index (χ1v) is 10.2. The summed E-state index contributed by atoms with van der Waals surface area (Å²) in [5.74, 6) is 1.53. The quantitative estimate of drug-likeness (QED) is 0.670. The second-order valence-electron chi connectivity index (χ2n) is 8.57. The van der Waals surface area contributed by atoms with Gasteiger partial charge in [0.1, 0.15) is 5.82 Å². The van der Waals surface area contributed by atoms with E-state index in [1.165, 1.54) is 27.0 Å². The number of nitrogens with one attached hydrogen (secondary N) is 1. The van der Waals surface area contributed by atoms with E-state index in [2.05, 4.69) is 44.2 Å². The highest BCUT2D eigenvalue weighted by molar-refractivity contribution is 5.95. The predicted octanol–water partition coefficient (Wildman–Crippen LogP) is 2.51. The van der Waals surface area contributed by atoms with Gasteiger partial charge in [0, 0.05) is 50.6 Å². The predicted molar refractivity (Wildman–Crippen MR) is 117 cm³/mol. The van der Waals surface area contributed by atoms with Crippen LogP contribution in [0, 0.1) is 0 Å². The third-order valence-electron chi connectivity index (χ3n) is 5.43. The van der Waals surface area contributed by atoms with Gasteiger partial charge in [-0.3, -0.25) is 4.79 Å². The third kappa shape index (κ3) is 4.20. The molecule has 9 nitrogen and oxygen atoms in total. The molecule has 0 saturated carbocycles. The minimum atomic E-state index is -1.68. The minimum Gasteiger partial charge on any atom is -0.353 e. The molecule has 4 rings (SSSR count). The number of amides is 1. The van der Waals surface area contributed by atoms with Gasteiger partial charge in [0.05, 0.1) is 10.9 Å². The number of aromatic nitrogens is 5. The molecule has 0 aliphatic carbocycles. The molecule has 0 aromatic carbocycles. The molecule has 164 valence electrons. The number of fused-ring (bicyclic) bond motifs is 1. The van der Waals surface area contributed by atoms with E-state index in [-0.39, 0.29) is 11.7 Å². The highest BCUT2D eigenvalue weighted by Crippen LogP contribution is 2.32. The van der Waals surface area contributed by atoms with Gasteiger partial charge in [-0.25, -0.2) is 24.0 Å². The van der Waals surface area contributed by atoms with Crippen LogP contribution in [0.15, 0.2) is 24.5 Å². The average molecular weight is 427 g/mol. The summed E-state index contributed by atoms with van der Waals surface area (Å²) in [6, 6.07) is 3.89. The van der Waals surface area contributed by atoms with E-state index >= 15 is 0 Å². The summed E-state index contributed by atoms with van der Waals surface area (Å²) in [6.45, 7) is 5.99. The lowest BCUT2D eigenvalue weighted by Crippen LogP contribution is -2.31. The summed E-state index contributed by atoms with van der Waals surface area (Å²) >= 11 is 0. The second-order valence-corrected chi connectivity index (χ2v) is 8.57. The Labute approximate surface area is 180 Å². The maximum atomic E-state index is 14.5. The summed E-state index contributed by atoms with van der Waals surface area (Å²) < 4.78 is 16.1. The lowest BCUT2D eigenvalue weighted by molar-refractivity contribution is -0.114. The zero-order valence-electron chi connectivity index (χ0n) is 18.4. The summed E-state index contributed by atoms with van der Waals surface area (Å²) in [5.41, 5.74) is -0.957. The Morgan fingerprint density at radius 2 is 2.10 bits per heavy atom. The molecule has 4 heterocycles. The molecular formula is C21H27FN8O. The van der Waals surface area contributed by atoms with Crippen molar-refractivity contribution < 1.29 is 9.18 Å². The lowest BCUT2D eigenvalue weighted by atomic mass is 10.1. The molecule has 0 spiro atoms. The topological polar surface area (TPSA) is 92.1 Å². The van der Waals surface area contributed by atoms with Crippen molar-refractivity contribution in [3.05, 3.63) is 30.4 Å². The van der Waals surface area contributed by atoms with Crippen molar-refractivity contribution in [3.8, 4) is 5.82 Å². The Kier molecular flexibility index (Phi) is 5.34. The number of halogens is 1. The van der Waals surface area contributed by atoms with Gasteiger partial charge in [0.2, 0.25) is 5.91 Å². The zero-order chi connectivity index (χ0) is 22.3. The number of alkyl halides is 1. The Hall–Kier alpha value is -3.14. The van der Waals surface area contributed by atoms with Gasteiger partial charge in [-0.05, 0) is 34.4 Å². The maximum absolute atomic E-state index is 14.5. The Bertz CT molecular complexity index is 1120. The van der Waals surface area contributed by atoms with E-state index in [1.54, 1.807) is 23.0 Å². The Morgan fingerprint density at radius 1 is 1.32 bits per heavy atom. The van der Waals surface area contributed by atoms with Crippen molar-refractivity contribution >= 4 is 28.4 Å². The number of pyridine rings is 1. The Balaban J connectivity index is 1.85. The molecule has 1 atom stereocenters. The number of likely N-dealkylation sites (N-methyl/N-ethyl adjacent to an activating group) is 1. The molecule has 3 aromatic rings. The molecule has 1 saturated heterocycles. The van der Waals surface area contributed by atoms with Crippen molar-refractivity contribution in [2.75, 3.05) is 37.4 Å². The molecular weight excluding hydrogens is 399 g/mol. The van der Waals surface area contributed by atoms with Crippen LogP contribution in [0.2, 0.25) is 0 Å². The van der Waals surface area contributed by atoms with Crippen molar-refractivity contribution in [1.82, 2.24) is 29.6 Å². The van der Waals surface area contributed by atoms with Crippen LogP contribution in [0.5, 0.6) is 0 Å². The number of carbonyl (C=O) groups excluding carboxylic acids is 1. The minimum absolute atomic E-state index is 0.0835. The van der Waals surface area contributed by atoms with E-state index in [1.807, 2.05) is 0 Å². The standard InChI is InChI=1S/C21H27FN8O/c1-13(31)25-17-10-16-15(11-24-17)19(29-9-7-14(12-29)28(4)5)27-30(16)18-6-8-23-20(26-18)21(2,3)22/h6,8,10-11,14H,7,9,12H2,1-5H3,(H,24,25,31). The fraction of sp³-hybridized carbons (Fsp3) is 0.476. The number of carbonyl (C=O) groups is 1. The van der Waals surface area contributed by atoms with Gasteiger partial charge in [0.15, 0.2) is 23.1 Å². The largest absolute Gasteiger partial charge is 0.353 e. The van der Waals surface area contributed by atoms with E-state index in [0.717, 1.165) is 36.2 Å². The summed E-state index contributed by atoms with van der Waals surface area (Å²) in [6.07, 6.45) is 4.27. The summed E-state index contributed by atoms with van der Waals surface area (Å²) in [5, 5.41) is 8.39. The van der Waals surface area contributed by atoms with Crippen LogP contribution in [-0.4, -0.2) is 68.8 Å². The molecule has 1 unspecified atom stereocenters. The van der Waals surface area contributed by atoms with Crippen LogP contribution < -0.4 is 10.2 Å². The van der Waals surface area contributed by atoms with Crippen molar-refractivity contribution in [2.24, 2.45) is 0 Å². The second kappa shape index (κ2) is 7.84. The number of hydrogen-bond acceptors (Lipinski definition) is 7. The van der Waals surface area contributed by atoms with Crippen LogP contribution in [0.3, 0.4) is 0 Å². The normalized spacial score (nSPS) is 17.0. The lowest BCUT2D eigenvalue weighted by Gasteiger charge is -2.20. The fourth-order valence-corrected chi connectivity index (χ4v) is 3.76. The molecule has 1 fully saturated rings. The van der Waals surface area contributed by atoms with Gasteiger partial charge in [-0.15, -0.1) is 5.10 Å². The first kappa shape index (κ1) is 21.1. The number of anilines is 2. The monoisotopic (exact) mass is 426 g/mol. The van der Waals surface area contributed by atoms with E-state index in [4.69, 9.17) is 5.10 Å². The van der Waals surface area contributed by atoms with Gasteiger partial charge >= 0.3 is 0 Å². The van der Waals surface area contributed by atoms with Crippen molar-refractivity contribution in [3.63, 3.8) is 0 Å². The van der Waals surface area contributed by atoms with Crippen molar-refractivity contribution in [1.29, 1.82) is 0 Å². The van der Waals surface area contributed by atoms with Crippen LogP contribution in [0.4, 0.5) is 16.0 Å². The van der Waals surface area contributed by atoms with Crippen LogP contribution in [0.1, 0.15) is 33.0 Å². The first-order valence-electron chi connectivity index (χ1n) is 10.2. The molecule has 0 bridgehead atoms. The average Bonchev–Trinajstić information content (AvgIpc) is 3.31. The molecule has 1 amide bonds. The number of nitrogens with zero attached hydrogens (tertiary/aromatic N) is 7. The van der Waals surface area contributed by atoms with E-state index in [0.29, 0.717) is 17.7 Å². The van der Waals surface area contributed by atoms with Crippen LogP contribution >= 0.6 is 0 Å². The molecule has 0 radical (unpaired) electrons. The molecule has 1 aliphatic heterocycles. The maximum Gasteiger partial charge on any atom is 0.222 e. The van der Waals surface area contributed by atoms with E-state index in [9.17, 15) is 9.18 Å². The van der Waals surface area contributed by atoms with Gasteiger partial charge < -0.3 is 15.1 Å². The van der Waals surface area contributed by atoms with Gasteiger partial charge in [-0.1, -0.05) is 0 Å². The molecule has 10 heteroatoms. The fourth-order valence-electron chi connectivity index (χ4n) is 3.76. The van der Waals surface area contributed by atoms with Gasteiger partial charge in [-0.2, -0.15) is 0 Å². The molecule has 1 N–H and O–H groups in total. The summed E-state index contributed by atoms with van der Waals surface area (Å²) in [4.78, 5) is 28.8. The highest BCUT2D eigenvalue weighted by Gasteiger charge is 2.29. The number of hydrogen-bond donors (Lipinski definition) is 1. The molecule has 31 heavy (non-hydrogen) atoms. The van der Waals surface area contributed by atoms with Crippen LogP contribution in [-0.2, 0) is 10.5 Å². The third-order valence-corrected chi connectivity index (χ3v) is 5.43. The van der Waals surface area contributed by atoms with Crippen molar-refractivity contribution in [2.45, 2.75) is 38.9 Å². The van der Waals surface area contributed by atoms with Gasteiger partial charge in [0.25, 0.3) is 0 Å². The number of rotatable bonds is 5.